The maximum absolute atomic E-state index is 13.1. The van der Waals surface area contributed by atoms with Gasteiger partial charge in [-0.15, -0.1) is 11.3 Å². The molecule has 0 bridgehead atoms. The molecule has 1 atom stereocenters. The van der Waals surface area contributed by atoms with Crippen molar-refractivity contribution < 1.29 is 18.0 Å². The van der Waals surface area contributed by atoms with Gasteiger partial charge >= 0.3 is 0 Å². The van der Waals surface area contributed by atoms with Crippen LogP contribution in [0.15, 0.2) is 30.3 Å². The summed E-state index contributed by atoms with van der Waals surface area (Å²) in [5.74, 6) is -0.570. The fourth-order valence-electron chi connectivity index (χ4n) is 3.96. The SMILES string of the molecule is O=C(C=Cc1ccc(Cl)cc1)Nc1sc2c(c1C(=O)NC1CCS(=O)(=O)C1)CCCC2. The van der Waals surface area contributed by atoms with Crippen molar-refractivity contribution in [1.29, 1.82) is 0 Å². The summed E-state index contributed by atoms with van der Waals surface area (Å²) in [5.41, 5.74) is 2.30. The Bertz CT molecular complexity index is 1140. The Balaban J connectivity index is 1.53. The molecular formula is C22H23ClN2O4S2. The lowest BCUT2D eigenvalue weighted by molar-refractivity contribution is -0.111. The molecule has 0 saturated carbocycles. The number of thiophene rings is 1. The molecule has 4 rings (SSSR count). The standard InChI is InChI=1S/C22H23ClN2O4S2/c23-15-8-5-14(6-9-15)7-10-19(26)25-22-20(17-3-1-2-4-18(17)30-22)21(27)24-16-11-12-31(28,29)13-16/h5-10,16H,1-4,11-13H2,(H,24,27)(H,25,26). The van der Waals surface area contributed by atoms with Crippen LogP contribution in [-0.2, 0) is 27.5 Å². The van der Waals surface area contributed by atoms with Crippen LogP contribution in [0.2, 0.25) is 5.02 Å². The molecule has 1 saturated heterocycles. The van der Waals surface area contributed by atoms with Gasteiger partial charge in [0.1, 0.15) is 5.00 Å². The molecule has 1 aromatic heterocycles. The number of aryl methyl sites for hydroxylation is 1. The zero-order valence-electron chi connectivity index (χ0n) is 16.8. The topological polar surface area (TPSA) is 92.3 Å². The van der Waals surface area contributed by atoms with Crippen LogP contribution >= 0.6 is 22.9 Å². The number of fused-ring (bicyclic) bond motifs is 1. The number of carbonyl (C=O) groups excluding carboxylic acids is 2. The van der Waals surface area contributed by atoms with Gasteiger partial charge in [0.15, 0.2) is 9.84 Å². The molecular weight excluding hydrogens is 456 g/mol. The number of rotatable bonds is 5. The number of anilines is 1. The Kier molecular flexibility index (Phi) is 6.50. The summed E-state index contributed by atoms with van der Waals surface area (Å²) in [5, 5.41) is 6.88. The van der Waals surface area contributed by atoms with E-state index in [1.54, 1.807) is 18.2 Å². The molecule has 1 aliphatic carbocycles. The van der Waals surface area contributed by atoms with E-state index in [1.807, 2.05) is 12.1 Å². The Labute approximate surface area is 190 Å². The highest BCUT2D eigenvalue weighted by molar-refractivity contribution is 7.91. The van der Waals surface area contributed by atoms with Crippen LogP contribution in [0.25, 0.3) is 6.08 Å². The van der Waals surface area contributed by atoms with Gasteiger partial charge in [0.2, 0.25) is 5.91 Å². The van der Waals surface area contributed by atoms with E-state index >= 15 is 0 Å². The first kappa shape index (κ1) is 22.0. The number of carbonyl (C=O) groups is 2. The molecule has 2 heterocycles. The normalized spacial score (nSPS) is 19.8. The van der Waals surface area contributed by atoms with Crippen LogP contribution in [0, 0.1) is 0 Å². The molecule has 0 spiro atoms. The number of nitrogens with one attached hydrogen (secondary N) is 2. The number of sulfone groups is 1. The molecule has 2 N–H and O–H groups in total. The molecule has 1 aromatic carbocycles. The summed E-state index contributed by atoms with van der Waals surface area (Å²) in [6.07, 6.45) is 7.25. The Morgan fingerprint density at radius 3 is 2.58 bits per heavy atom. The fraction of sp³-hybridized carbons (Fsp3) is 0.364. The number of halogens is 1. The van der Waals surface area contributed by atoms with Gasteiger partial charge in [-0.05, 0) is 61.4 Å². The van der Waals surface area contributed by atoms with Gasteiger partial charge in [-0.3, -0.25) is 9.59 Å². The first-order chi connectivity index (χ1) is 14.8. The van der Waals surface area contributed by atoms with Gasteiger partial charge in [-0.25, -0.2) is 8.42 Å². The van der Waals surface area contributed by atoms with Crippen molar-refractivity contribution in [3.05, 3.63) is 56.9 Å². The monoisotopic (exact) mass is 478 g/mol. The quantitative estimate of drug-likeness (QED) is 0.638. The average Bonchev–Trinajstić information content (AvgIpc) is 3.26. The zero-order valence-corrected chi connectivity index (χ0v) is 19.2. The van der Waals surface area contributed by atoms with E-state index in [0.717, 1.165) is 41.7 Å². The summed E-state index contributed by atoms with van der Waals surface area (Å²) in [6.45, 7) is 0. The van der Waals surface area contributed by atoms with Crippen LogP contribution in [0.5, 0.6) is 0 Å². The lowest BCUT2D eigenvalue weighted by Gasteiger charge is -2.15. The maximum Gasteiger partial charge on any atom is 0.254 e. The van der Waals surface area contributed by atoms with E-state index in [0.29, 0.717) is 22.0 Å². The molecule has 0 radical (unpaired) electrons. The highest BCUT2D eigenvalue weighted by atomic mass is 35.5. The molecule has 2 aliphatic rings. The second kappa shape index (κ2) is 9.14. The number of hydrogen-bond donors (Lipinski definition) is 2. The predicted octanol–water partition coefficient (Wildman–Crippen LogP) is 3.85. The Hall–Kier alpha value is -2.16. The highest BCUT2D eigenvalue weighted by Gasteiger charge is 2.32. The summed E-state index contributed by atoms with van der Waals surface area (Å²) in [6, 6.07) is 6.73. The van der Waals surface area contributed by atoms with Crippen molar-refractivity contribution in [2.45, 2.75) is 38.1 Å². The van der Waals surface area contributed by atoms with Gasteiger partial charge in [-0.1, -0.05) is 23.7 Å². The van der Waals surface area contributed by atoms with Gasteiger partial charge in [-0.2, -0.15) is 0 Å². The van der Waals surface area contributed by atoms with Crippen molar-refractivity contribution >= 4 is 55.7 Å². The Morgan fingerprint density at radius 1 is 1.13 bits per heavy atom. The van der Waals surface area contributed by atoms with Gasteiger partial charge < -0.3 is 10.6 Å². The molecule has 9 heteroatoms. The van der Waals surface area contributed by atoms with Crippen LogP contribution < -0.4 is 10.6 Å². The number of amides is 2. The van der Waals surface area contributed by atoms with E-state index in [2.05, 4.69) is 10.6 Å². The second-order valence-electron chi connectivity index (χ2n) is 7.86. The lowest BCUT2D eigenvalue weighted by atomic mass is 9.95. The van der Waals surface area contributed by atoms with E-state index < -0.39 is 9.84 Å². The average molecular weight is 479 g/mol. The summed E-state index contributed by atoms with van der Waals surface area (Å²) in [4.78, 5) is 26.7. The van der Waals surface area contributed by atoms with E-state index in [9.17, 15) is 18.0 Å². The van der Waals surface area contributed by atoms with E-state index in [1.165, 1.54) is 17.4 Å². The van der Waals surface area contributed by atoms with Crippen LogP contribution in [0.3, 0.4) is 0 Å². The molecule has 2 aromatic rings. The molecule has 31 heavy (non-hydrogen) atoms. The van der Waals surface area contributed by atoms with E-state index in [4.69, 9.17) is 11.6 Å². The predicted molar refractivity (Wildman–Crippen MR) is 125 cm³/mol. The largest absolute Gasteiger partial charge is 0.348 e. The molecule has 6 nitrogen and oxygen atoms in total. The van der Waals surface area contributed by atoms with Gasteiger partial charge in [0.05, 0.1) is 17.1 Å². The molecule has 2 amide bonds. The number of benzene rings is 1. The third kappa shape index (κ3) is 5.37. The maximum atomic E-state index is 13.1. The van der Waals surface area contributed by atoms with Crippen molar-refractivity contribution in [1.82, 2.24) is 5.32 Å². The minimum Gasteiger partial charge on any atom is -0.348 e. The summed E-state index contributed by atoms with van der Waals surface area (Å²) >= 11 is 7.32. The smallest absolute Gasteiger partial charge is 0.254 e. The van der Waals surface area contributed by atoms with Crippen LogP contribution in [-0.4, -0.2) is 37.8 Å². The highest BCUT2D eigenvalue weighted by Crippen LogP contribution is 2.38. The van der Waals surface area contributed by atoms with Gasteiger partial charge in [0, 0.05) is 22.0 Å². The molecule has 1 fully saturated rings. The third-order valence-corrected chi connectivity index (χ3v) is 8.73. The van der Waals surface area contributed by atoms with E-state index in [-0.39, 0.29) is 29.4 Å². The third-order valence-electron chi connectivity index (χ3n) is 5.50. The first-order valence-electron chi connectivity index (χ1n) is 10.2. The van der Waals surface area contributed by atoms with Crippen LogP contribution in [0.4, 0.5) is 5.00 Å². The molecule has 164 valence electrons. The summed E-state index contributed by atoms with van der Waals surface area (Å²) < 4.78 is 23.5. The minimum atomic E-state index is -3.09. The van der Waals surface area contributed by atoms with Crippen molar-refractivity contribution in [3.63, 3.8) is 0 Å². The van der Waals surface area contributed by atoms with Gasteiger partial charge in [0.25, 0.3) is 5.91 Å². The second-order valence-corrected chi connectivity index (χ2v) is 11.6. The molecule has 1 unspecified atom stereocenters. The zero-order chi connectivity index (χ0) is 22.0. The number of hydrogen-bond acceptors (Lipinski definition) is 5. The molecule has 1 aliphatic heterocycles. The van der Waals surface area contributed by atoms with Crippen molar-refractivity contribution in [3.8, 4) is 0 Å². The first-order valence-corrected chi connectivity index (χ1v) is 13.2. The minimum absolute atomic E-state index is 0.0312. The Morgan fingerprint density at radius 2 is 1.87 bits per heavy atom. The van der Waals surface area contributed by atoms with Crippen molar-refractivity contribution in [2.75, 3.05) is 16.8 Å². The van der Waals surface area contributed by atoms with Crippen molar-refractivity contribution in [2.24, 2.45) is 0 Å². The summed E-state index contributed by atoms with van der Waals surface area (Å²) in [7, 11) is -3.09. The van der Waals surface area contributed by atoms with Crippen LogP contribution in [0.1, 0.15) is 45.6 Å². The fourth-order valence-corrected chi connectivity index (χ4v) is 7.05. The lowest BCUT2D eigenvalue weighted by Crippen LogP contribution is -2.36.